The highest BCUT2D eigenvalue weighted by molar-refractivity contribution is 7.98. The first-order chi connectivity index (χ1) is 18.7. The van der Waals surface area contributed by atoms with E-state index in [-0.39, 0.29) is 19.6 Å². The monoisotopic (exact) mass is 553 g/mol. The molecule has 0 saturated carbocycles. The molecule has 0 unspecified atom stereocenters. The molecule has 39 heavy (non-hydrogen) atoms. The predicted octanol–water partition coefficient (Wildman–Crippen LogP) is 5.39. The summed E-state index contributed by atoms with van der Waals surface area (Å²) in [5.41, 5.74) is 2.33. The van der Waals surface area contributed by atoms with Crippen molar-refractivity contribution in [2.75, 3.05) is 19.3 Å². The zero-order chi connectivity index (χ0) is 27.9. The van der Waals surface area contributed by atoms with Crippen LogP contribution in [0, 0.1) is 18.6 Å². The number of hydrogen-bond acceptors (Lipinski definition) is 7. The second kappa shape index (κ2) is 12.5. The van der Waals surface area contributed by atoms with Crippen molar-refractivity contribution in [3.05, 3.63) is 95.1 Å². The van der Waals surface area contributed by atoms with E-state index < -0.39 is 30.1 Å². The maximum Gasteiger partial charge on any atom is 0.323 e. The van der Waals surface area contributed by atoms with Crippen LogP contribution in [-0.2, 0) is 17.8 Å². The smallest absolute Gasteiger partial charge is 0.323 e. The van der Waals surface area contributed by atoms with Gasteiger partial charge >= 0.3 is 5.97 Å². The third kappa shape index (κ3) is 7.20. The molecule has 0 fully saturated rings. The topological polar surface area (TPSA) is 106 Å². The maximum atomic E-state index is 13.8. The first-order valence-corrected chi connectivity index (χ1v) is 13.1. The van der Waals surface area contributed by atoms with E-state index in [4.69, 9.17) is 9.26 Å². The van der Waals surface area contributed by atoms with Crippen molar-refractivity contribution in [1.29, 1.82) is 0 Å². The Balaban J connectivity index is 1.42. The molecule has 4 rings (SSSR count). The molecule has 1 heterocycles. The Morgan fingerprint density at radius 3 is 2.49 bits per heavy atom. The van der Waals surface area contributed by atoms with Gasteiger partial charge in [-0.25, -0.2) is 8.78 Å². The molecule has 0 saturated heterocycles. The summed E-state index contributed by atoms with van der Waals surface area (Å²) >= 11 is 1.32. The second-order valence-electron chi connectivity index (χ2n) is 8.58. The minimum atomic E-state index is -1.14. The van der Waals surface area contributed by atoms with Crippen molar-refractivity contribution in [2.24, 2.45) is 0 Å². The highest BCUT2D eigenvalue weighted by atomic mass is 32.2. The third-order valence-electron chi connectivity index (χ3n) is 5.78. The summed E-state index contributed by atoms with van der Waals surface area (Å²) in [6.45, 7) is 1.43. The minimum Gasteiger partial charge on any atom is -0.489 e. The Labute approximate surface area is 227 Å². The van der Waals surface area contributed by atoms with E-state index in [1.807, 2.05) is 0 Å². The molecule has 11 heteroatoms. The van der Waals surface area contributed by atoms with E-state index in [1.165, 1.54) is 28.8 Å². The number of halogens is 2. The van der Waals surface area contributed by atoms with Crippen molar-refractivity contribution in [1.82, 2.24) is 15.0 Å². The maximum absolute atomic E-state index is 13.8. The van der Waals surface area contributed by atoms with Gasteiger partial charge in [0.15, 0.2) is 17.5 Å². The summed E-state index contributed by atoms with van der Waals surface area (Å²) < 4.78 is 38.2. The normalized spacial score (nSPS) is 10.9. The molecule has 1 amide bonds. The SMILES string of the molecule is CSc1cc(F)c(F)cc1-c1ccc(OCc2cccc(C(=O)N(CCc3noc(C)n3)CC(=O)O)c2)cc1. The lowest BCUT2D eigenvalue weighted by Gasteiger charge is -2.20. The second-order valence-corrected chi connectivity index (χ2v) is 9.43. The molecule has 202 valence electrons. The Hall–Kier alpha value is -4.25. The molecule has 0 radical (unpaired) electrons. The molecular weight excluding hydrogens is 528 g/mol. The lowest BCUT2D eigenvalue weighted by Crippen LogP contribution is -2.37. The first kappa shape index (κ1) is 27.8. The van der Waals surface area contributed by atoms with Crippen LogP contribution in [0.4, 0.5) is 8.78 Å². The Morgan fingerprint density at radius 2 is 1.82 bits per heavy atom. The number of thioether (sulfide) groups is 1. The number of carbonyl (C=O) groups excluding carboxylic acids is 1. The fourth-order valence-corrected chi connectivity index (χ4v) is 4.51. The van der Waals surface area contributed by atoms with Gasteiger partial charge in [-0.3, -0.25) is 9.59 Å². The lowest BCUT2D eigenvalue weighted by atomic mass is 10.1. The number of carboxylic acids is 1. The number of carboxylic acid groups (broad SMARTS) is 1. The summed E-state index contributed by atoms with van der Waals surface area (Å²) in [6.07, 6.45) is 2.04. The van der Waals surface area contributed by atoms with Crippen LogP contribution >= 0.6 is 11.8 Å². The van der Waals surface area contributed by atoms with Crippen LogP contribution < -0.4 is 4.74 Å². The summed E-state index contributed by atoms with van der Waals surface area (Å²) in [5, 5.41) is 13.1. The Bertz CT molecular complexity index is 1480. The van der Waals surface area contributed by atoms with Gasteiger partial charge in [0, 0.05) is 30.3 Å². The van der Waals surface area contributed by atoms with Gasteiger partial charge in [-0.2, -0.15) is 4.98 Å². The number of aliphatic carboxylic acids is 1. The van der Waals surface area contributed by atoms with Gasteiger partial charge in [0.1, 0.15) is 18.9 Å². The lowest BCUT2D eigenvalue weighted by molar-refractivity contribution is -0.137. The summed E-state index contributed by atoms with van der Waals surface area (Å²) in [4.78, 5) is 30.4. The summed E-state index contributed by atoms with van der Waals surface area (Å²) in [7, 11) is 0. The molecule has 3 aromatic carbocycles. The standard InChI is InChI=1S/C28H25F2N3O5S/c1-17-31-26(32-38-17)10-11-33(15-27(34)35)28(36)20-5-3-4-18(12-20)16-37-21-8-6-19(7-9-21)22-13-23(29)24(30)14-25(22)39-2/h3-9,12-14H,10-11,15-16H2,1-2H3,(H,34,35). The largest absolute Gasteiger partial charge is 0.489 e. The molecule has 0 bridgehead atoms. The molecule has 1 N–H and O–H groups in total. The summed E-state index contributed by atoms with van der Waals surface area (Å²) in [6, 6.07) is 16.1. The number of amides is 1. The molecule has 4 aromatic rings. The highest BCUT2D eigenvalue weighted by Gasteiger charge is 2.20. The minimum absolute atomic E-state index is 0.105. The molecule has 8 nitrogen and oxygen atoms in total. The fourth-order valence-electron chi connectivity index (χ4n) is 3.89. The van der Waals surface area contributed by atoms with Crippen LogP contribution in [0.15, 0.2) is 70.1 Å². The number of aryl methyl sites for hydroxylation is 1. The number of ether oxygens (including phenoxy) is 1. The predicted molar refractivity (Wildman–Crippen MR) is 141 cm³/mol. The first-order valence-electron chi connectivity index (χ1n) is 11.9. The van der Waals surface area contributed by atoms with Crippen molar-refractivity contribution in [3.63, 3.8) is 0 Å². The zero-order valence-electron chi connectivity index (χ0n) is 21.2. The van der Waals surface area contributed by atoms with Crippen LogP contribution in [0.5, 0.6) is 5.75 Å². The van der Waals surface area contributed by atoms with Crippen LogP contribution in [0.25, 0.3) is 11.1 Å². The Kier molecular flexibility index (Phi) is 8.92. The van der Waals surface area contributed by atoms with Gasteiger partial charge < -0.3 is 19.3 Å². The number of carbonyl (C=O) groups is 2. The van der Waals surface area contributed by atoms with E-state index in [9.17, 15) is 23.5 Å². The molecule has 1 aromatic heterocycles. The zero-order valence-corrected chi connectivity index (χ0v) is 22.0. The van der Waals surface area contributed by atoms with Crippen LogP contribution in [-0.4, -0.2) is 51.4 Å². The average molecular weight is 554 g/mol. The van der Waals surface area contributed by atoms with Gasteiger partial charge in [-0.15, -0.1) is 11.8 Å². The number of nitrogens with zero attached hydrogens (tertiary/aromatic N) is 3. The highest BCUT2D eigenvalue weighted by Crippen LogP contribution is 2.33. The Morgan fingerprint density at radius 1 is 1.08 bits per heavy atom. The van der Waals surface area contributed by atoms with Crippen molar-refractivity contribution >= 4 is 23.6 Å². The number of aromatic nitrogens is 2. The van der Waals surface area contributed by atoms with Crippen molar-refractivity contribution in [2.45, 2.75) is 24.8 Å². The van der Waals surface area contributed by atoms with Gasteiger partial charge in [0.2, 0.25) is 5.89 Å². The quantitative estimate of drug-likeness (QED) is 0.246. The van der Waals surface area contributed by atoms with Crippen molar-refractivity contribution < 1.29 is 32.7 Å². The van der Waals surface area contributed by atoms with Gasteiger partial charge in [-0.1, -0.05) is 29.4 Å². The third-order valence-corrected chi connectivity index (χ3v) is 6.55. The van der Waals surface area contributed by atoms with Gasteiger partial charge in [-0.05, 0) is 59.3 Å². The number of hydrogen-bond donors (Lipinski definition) is 1. The fraction of sp³-hybridized carbons (Fsp3) is 0.214. The average Bonchev–Trinajstić information content (AvgIpc) is 3.36. The van der Waals surface area contributed by atoms with E-state index >= 15 is 0 Å². The number of rotatable bonds is 11. The van der Waals surface area contributed by atoms with E-state index in [2.05, 4.69) is 10.1 Å². The summed E-state index contributed by atoms with van der Waals surface area (Å²) in [5.74, 6) is -2.06. The van der Waals surface area contributed by atoms with Crippen LogP contribution in [0.1, 0.15) is 27.6 Å². The van der Waals surface area contributed by atoms with Crippen molar-refractivity contribution in [3.8, 4) is 16.9 Å². The van der Waals surface area contributed by atoms with E-state index in [0.717, 1.165) is 0 Å². The molecule has 0 aliphatic heterocycles. The molecule has 0 atom stereocenters. The van der Waals surface area contributed by atoms with Crippen LogP contribution in [0.2, 0.25) is 0 Å². The molecule has 0 spiro atoms. The van der Waals surface area contributed by atoms with Gasteiger partial charge in [0.05, 0.1) is 0 Å². The molecule has 0 aliphatic rings. The van der Waals surface area contributed by atoms with E-state index in [1.54, 1.807) is 61.7 Å². The molecular formula is C28H25F2N3O5S. The van der Waals surface area contributed by atoms with E-state index in [0.29, 0.717) is 44.6 Å². The van der Waals surface area contributed by atoms with Gasteiger partial charge in [0.25, 0.3) is 5.91 Å². The van der Waals surface area contributed by atoms with Crippen LogP contribution in [0.3, 0.4) is 0 Å². The number of benzene rings is 3. The molecule has 0 aliphatic carbocycles.